The molecule has 1 heterocycles. The van der Waals surface area contributed by atoms with Crippen LogP contribution in [0.2, 0.25) is 0 Å². The molecule has 0 aromatic heterocycles. The molecule has 1 fully saturated rings. The predicted octanol–water partition coefficient (Wildman–Crippen LogP) is 3.00. The second kappa shape index (κ2) is 5.71. The van der Waals surface area contributed by atoms with Crippen molar-refractivity contribution >= 4 is 5.97 Å². The van der Waals surface area contributed by atoms with Gasteiger partial charge >= 0.3 is 5.97 Å². The Balaban J connectivity index is 1.93. The third-order valence-corrected chi connectivity index (χ3v) is 4.96. The SMILES string of the molecule is COc1ccc(C2(C)CCC(C(=O)O)CC2)c2c1OCCO2. The van der Waals surface area contributed by atoms with E-state index >= 15 is 0 Å². The van der Waals surface area contributed by atoms with E-state index in [1.165, 1.54) is 0 Å². The summed E-state index contributed by atoms with van der Waals surface area (Å²) in [6.45, 7) is 3.23. The topological polar surface area (TPSA) is 65.0 Å². The van der Waals surface area contributed by atoms with Gasteiger partial charge in [-0.1, -0.05) is 13.0 Å². The largest absolute Gasteiger partial charge is 0.493 e. The highest BCUT2D eigenvalue weighted by Gasteiger charge is 2.38. The van der Waals surface area contributed by atoms with E-state index in [4.69, 9.17) is 14.2 Å². The number of ether oxygens (including phenoxy) is 3. The van der Waals surface area contributed by atoms with E-state index in [2.05, 4.69) is 6.92 Å². The third kappa shape index (κ3) is 2.49. The van der Waals surface area contributed by atoms with Crippen molar-refractivity contribution in [3.05, 3.63) is 17.7 Å². The first-order valence-corrected chi connectivity index (χ1v) is 7.75. The number of methoxy groups -OCH3 is 1. The van der Waals surface area contributed by atoms with Gasteiger partial charge in [-0.05, 0) is 37.2 Å². The Bertz CT molecular complexity index is 573. The Morgan fingerprint density at radius 3 is 2.45 bits per heavy atom. The van der Waals surface area contributed by atoms with Gasteiger partial charge in [0.2, 0.25) is 5.75 Å². The van der Waals surface area contributed by atoms with Crippen molar-refractivity contribution in [2.24, 2.45) is 5.92 Å². The van der Waals surface area contributed by atoms with Crippen molar-refractivity contribution in [1.82, 2.24) is 0 Å². The number of carboxylic acids is 1. The number of aliphatic carboxylic acids is 1. The summed E-state index contributed by atoms with van der Waals surface area (Å²) in [5.41, 5.74) is 1.02. The maximum Gasteiger partial charge on any atom is 0.306 e. The smallest absolute Gasteiger partial charge is 0.306 e. The molecule has 0 unspecified atom stereocenters. The fourth-order valence-corrected chi connectivity index (χ4v) is 3.52. The molecule has 120 valence electrons. The van der Waals surface area contributed by atoms with Crippen LogP contribution in [0.3, 0.4) is 0 Å². The van der Waals surface area contributed by atoms with Crippen molar-refractivity contribution < 1.29 is 24.1 Å². The molecule has 1 aromatic rings. The lowest BCUT2D eigenvalue weighted by molar-refractivity contribution is -0.143. The van der Waals surface area contributed by atoms with E-state index < -0.39 is 5.97 Å². The lowest BCUT2D eigenvalue weighted by Crippen LogP contribution is -2.32. The van der Waals surface area contributed by atoms with Gasteiger partial charge in [-0.15, -0.1) is 0 Å². The molecule has 5 nitrogen and oxygen atoms in total. The summed E-state index contributed by atoms with van der Waals surface area (Å²) >= 11 is 0. The molecule has 0 spiro atoms. The minimum Gasteiger partial charge on any atom is -0.493 e. The zero-order valence-electron chi connectivity index (χ0n) is 13.1. The normalized spacial score (nSPS) is 27.3. The van der Waals surface area contributed by atoms with Crippen LogP contribution in [0.4, 0.5) is 0 Å². The number of benzene rings is 1. The second-order valence-electron chi connectivity index (χ2n) is 6.34. The van der Waals surface area contributed by atoms with Crippen LogP contribution < -0.4 is 14.2 Å². The minimum absolute atomic E-state index is 0.0804. The fourth-order valence-electron chi connectivity index (χ4n) is 3.52. The van der Waals surface area contributed by atoms with Gasteiger partial charge in [0.15, 0.2) is 11.5 Å². The number of carboxylic acid groups (broad SMARTS) is 1. The van der Waals surface area contributed by atoms with Crippen molar-refractivity contribution in [3.8, 4) is 17.2 Å². The Hall–Kier alpha value is -1.91. The molecule has 1 aliphatic heterocycles. The summed E-state index contributed by atoms with van der Waals surface area (Å²) in [6.07, 6.45) is 3.08. The molecule has 0 atom stereocenters. The quantitative estimate of drug-likeness (QED) is 0.930. The van der Waals surface area contributed by atoms with Gasteiger partial charge in [-0.3, -0.25) is 4.79 Å². The molecule has 1 aliphatic carbocycles. The van der Waals surface area contributed by atoms with Gasteiger partial charge in [-0.25, -0.2) is 0 Å². The van der Waals surface area contributed by atoms with Crippen LogP contribution >= 0.6 is 0 Å². The first-order chi connectivity index (χ1) is 10.5. The van der Waals surface area contributed by atoms with Crippen LogP contribution in [0.5, 0.6) is 17.2 Å². The second-order valence-corrected chi connectivity index (χ2v) is 6.34. The molecule has 1 saturated carbocycles. The first kappa shape index (κ1) is 15.0. The van der Waals surface area contributed by atoms with E-state index in [0.717, 1.165) is 24.2 Å². The Morgan fingerprint density at radius 1 is 1.23 bits per heavy atom. The van der Waals surface area contributed by atoms with Crippen molar-refractivity contribution in [2.45, 2.75) is 38.0 Å². The van der Waals surface area contributed by atoms with E-state index in [1.807, 2.05) is 12.1 Å². The van der Waals surface area contributed by atoms with Gasteiger partial charge in [0.05, 0.1) is 13.0 Å². The van der Waals surface area contributed by atoms with E-state index in [0.29, 0.717) is 37.6 Å². The van der Waals surface area contributed by atoms with Gasteiger partial charge in [0.1, 0.15) is 13.2 Å². The minimum atomic E-state index is -0.682. The predicted molar refractivity (Wildman–Crippen MR) is 80.9 cm³/mol. The molecular weight excluding hydrogens is 284 g/mol. The highest BCUT2D eigenvalue weighted by molar-refractivity contribution is 5.70. The summed E-state index contributed by atoms with van der Waals surface area (Å²) < 4.78 is 17.0. The van der Waals surface area contributed by atoms with Gasteiger partial charge in [-0.2, -0.15) is 0 Å². The summed E-state index contributed by atoms with van der Waals surface area (Å²) in [5, 5.41) is 9.18. The lowest BCUT2D eigenvalue weighted by Gasteiger charge is -2.38. The summed E-state index contributed by atoms with van der Waals surface area (Å²) in [6, 6.07) is 3.95. The number of hydrogen-bond acceptors (Lipinski definition) is 4. The van der Waals surface area contributed by atoms with E-state index in [1.54, 1.807) is 7.11 Å². The zero-order valence-corrected chi connectivity index (χ0v) is 13.1. The maximum absolute atomic E-state index is 11.2. The van der Waals surface area contributed by atoms with Crippen LogP contribution in [0.25, 0.3) is 0 Å². The number of rotatable bonds is 3. The highest BCUT2D eigenvalue weighted by atomic mass is 16.6. The maximum atomic E-state index is 11.2. The molecule has 1 aromatic carbocycles. The average Bonchev–Trinajstić information content (AvgIpc) is 2.54. The zero-order chi connectivity index (χ0) is 15.7. The lowest BCUT2D eigenvalue weighted by atomic mass is 9.67. The molecule has 1 N–H and O–H groups in total. The van der Waals surface area contributed by atoms with Gasteiger partial charge in [0.25, 0.3) is 0 Å². The van der Waals surface area contributed by atoms with E-state index in [-0.39, 0.29) is 11.3 Å². The molecule has 0 saturated heterocycles. The monoisotopic (exact) mass is 306 g/mol. The molecule has 3 rings (SSSR count). The van der Waals surface area contributed by atoms with E-state index in [9.17, 15) is 9.90 Å². The molecule has 5 heteroatoms. The number of hydrogen-bond donors (Lipinski definition) is 1. The molecule has 0 bridgehead atoms. The molecule has 0 radical (unpaired) electrons. The fraction of sp³-hybridized carbons (Fsp3) is 0.588. The van der Waals surface area contributed by atoms with Crippen LogP contribution in [-0.4, -0.2) is 31.4 Å². The first-order valence-electron chi connectivity index (χ1n) is 7.75. The average molecular weight is 306 g/mol. The van der Waals surface area contributed by atoms with Crippen molar-refractivity contribution in [1.29, 1.82) is 0 Å². The van der Waals surface area contributed by atoms with Crippen LogP contribution in [-0.2, 0) is 10.2 Å². The standard InChI is InChI=1S/C17H22O5/c1-17(7-5-11(6-8-17)16(18)19)12-3-4-13(20-2)15-14(12)21-9-10-22-15/h3-4,11H,5-10H2,1-2H3,(H,18,19). The highest BCUT2D eigenvalue weighted by Crippen LogP contribution is 2.50. The molecule has 2 aliphatic rings. The summed E-state index contributed by atoms with van der Waals surface area (Å²) in [5.74, 6) is 1.22. The van der Waals surface area contributed by atoms with Crippen LogP contribution in [0.15, 0.2) is 12.1 Å². The Kier molecular flexibility index (Phi) is 3.89. The number of fused-ring (bicyclic) bond motifs is 1. The van der Waals surface area contributed by atoms with Crippen LogP contribution in [0.1, 0.15) is 38.2 Å². The summed E-state index contributed by atoms with van der Waals surface area (Å²) in [4.78, 5) is 11.2. The third-order valence-electron chi connectivity index (χ3n) is 4.96. The van der Waals surface area contributed by atoms with Crippen LogP contribution in [0, 0.1) is 5.92 Å². The summed E-state index contributed by atoms with van der Waals surface area (Å²) in [7, 11) is 1.62. The molecular formula is C17H22O5. The number of carbonyl (C=O) groups is 1. The van der Waals surface area contributed by atoms with Crippen molar-refractivity contribution in [2.75, 3.05) is 20.3 Å². The van der Waals surface area contributed by atoms with Gasteiger partial charge < -0.3 is 19.3 Å². The van der Waals surface area contributed by atoms with Gasteiger partial charge in [0, 0.05) is 5.56 Å². The molecule has 22 heavy (non-hydrogen) atoms. The Morgan fingerprint density at radius 2 is 1.86 bits per heavy atom. The Labute approximate surface area is 130 Å². The van der Waals surface area contributed by atoms with Crippen molar-refractivity contribution in [3.63, 3.8) is 0 Å². The molecule has 0 amide bonds.